The Morgan fingerprint density at radius 2 is 1.85 bits per heavy atom. The number of carbonyl (C=O) groups excluding carboxylic acids is 4. The van der Waals surface area contributed by atoms with Gasteiger partial charge in [-0.3, -0.25) is 14.9 Å². The quantitative estimate of drug-likeness (QED) is 0.239. The number of unbranched alkanes of at least 4 members (excludes halogenated alkanes) is 1. The molecule has 0 saturated heterocycles. The van der Waals surface area contributed by atoms with E-state index < -0.39 is 23.6 Å². The summed E-state index contributed by atoms with van der Waals surface area (Å²) in [6.07, 6.45) is 1.68. The van der Waals surface area contributed by atoms with Gasteiger partial charge in [-0.05, 0) is 66.0 Å². The summed E-state index contributed by atoms with van der Waals surface area (Å²) in [5, 5.41) is 7.15. The van der Waals surface area contributed by atoms with E-state index in [4.69, 9.17) is 9.47 Å². The van der Waals surface area contributed by atoms with Crippen LogP contribution < -0.4 is 10.6 Å². The maximum absolute atomic E-state index is 13.1. The highest BCUT2D eigenvalue weighted by atomic mass is 32.1. The average Bonchev–Trinajstić information content (AvgIpc) is 3.52. The minimum atomic E-state index is -0.592. The minimum Gasteiger partial charge on any atom is -0.461 e. The Morgan fingerprint density at radius 1 is 1.12 bits per heavy atom. The van der Waals surface area contributed by atoms with Crippen molar-refractivity contribution < 1.29 is 28.7 Å². The summed E-state index contributed by atoms with van der Waals surface area (Å²) in [7, 11) is 3.35. The van der Waals surface area contributed by atoms with Gasteiger partial charge in [0.05, 0.1) is 23.2 Å². The number of ether oxygens (including phenoxy) is 2. The predicted octanol–water partition coefficient (Wildman–Crippen LogP) is 4.88. The molecule has 222 valence electrons. The molecule has 1 aromatic carbocycles. The maximum atomic E-state index is 13.1. The molecule has 1 atom stereocenters. The molecule has 2 heterocycles. The topological polar surface area (TPSA) is 145 Å². The fourth-order valence-corrected chi connectivity index (χ4v) is 4.80. The van der Waals surface area contributed by atoms with Crippen LogP contribution in [0.25, 0.3) is 11.0 Å². The molecule has 0 aliphatic heterocycles. The number of rotatable bonds is 11. The van der Waals surface area contributed by atoms with Crippen LogP contribution >= 0.6 is 11.3 Å². The van der Waals surface area contributed by atoms with Gasteiger partial charge in [-0.1, -0.05) is 6.07 Å². The Kier molecular flexibility index (Phi) is 10.4. The Balaban J connectivity index is 1.84. The number of thiazole rings is 1. The lowest BCUT2D eigenvalue weighted by atomic mass is 10.1. The van der Waals surface area contributed by atoms with Crippen LogP contribution in [0.3, 0.4) is 0 Å². The van der Waals surface area contributed by atoms with Crippen molar-refractivity contribution in [3.05, 3.63) is 39.8 Å². The van der Waals surface area contributed by atoms with Gasteiger partial charge in [0, 0.05) is 32.1 Å². The molecule has 2 aromatic heterocycles. The van der Waals surface area contributed by atoms with E-state index in [-0.39, 0.29) is 35.2 Å². The molecule has 1 unspecified atom stereocenters. The largest absolute Gasteiger partial charge is 0.461 e. The van der Waals surface area contributed by atoms with Crippen LogP contribution in [0.5, 0.6) is 0 Å². The summed E-state index contributed by atoms with van der Waals surface area (Å²) in [6, 6.07) is 5.10. The first kappa shape index (κ1) is 31.5. The van der Waals surface area contributed by atoms with Crippen LogP contribution in [0, 0.1) is 0 Å². The number of hydrogen-bond acceptors (Lipinski definition) is 9. The van der Waals surface area contributed by atoms with E-state index >= 15 is 0 Å². The smallest absolute Gasteiger partial charge is 0.407 e. The molecule has 41 heavy (non-hydrogen) atoms. The van der Waals surface area contributed by atoms with Gasteiger partial charge in [0.15, 0.2) is 0 Å². The van der Waals surface area contributed by atoms with Gasteiger partial charge in [0.1, 0.15) is 11.3 Å². The van der Waals surface area contributed by atoms with E-state index in [1.807, 2.05) is 32.3 Å². The summed E-state index contributed by atoms with van der Waals surface area (Å²) in [5.41, 5.74) is 1.10. The highest BCUT2D eigenvalue weighted by Gasteiger charge is 2.25. The lowest BCUT2D eigenvalue weighted by molar-refractivity contribution is 0.0515. The van der Waals surface area contributed by atoms with E-state index in [1.165, 1.54) is 10.3 Å². The summed E-state index contributed by atoms with van der Waals surface area (Å²) in [4.78, 5) is 60.4. The van der Waals surface area contributed by atoms with Crippen LogP contribution in [0.1, 0.15) is 90.6 Å². The fourth-order valence-electron chi connectivity index (χ4n) is 4.11. The molecule has 3 aromatic rings. The Labute approximate surface area is 243 Å². The molecule has 0 saturated carbocycles. The van der Waals surface area contributed by atoms with Crippen molar-refractivity contribution in [2.45, 2.75) is 65.5 Å². The normalized spacial score (nSPS) is 12.1. The lowest BCUT2D eigenvalue weighted by Gasteiger charge is -2.20. The van der Waals surface area contributed by atoms with Crippen molar-refractivity contribution in [3.8, 4) is 0 Å². The summed E-state index contributed by atoms with van der Waals surface area (Å²) < 4.78 is 12.1. The first-order chi connectivity index (χ1) is 19.3. The number of esters is 1. The molecule has 0 aliphatic carbocycles. The van der Waals surface area contributed by atoms with Crippen molar-refractivity contribution in [2.75, 3.05) is 32.6 Å². The number of fused-ring (bicyclic) bond motifs is 1. The Morgan fingerprint density at radius 3 is 2.51 bits per heavy atom. The number of hydrogen-bond donors (Lipinski definition) is 2. The second-order valence-electron chi connectivity index (χ2n) is 10.7. The van der Waals surface area contributed by atoms with Gasteiger partial charge < -0.3 is 24.3 Å². The number of aromatic nitrogens is 3. The molecule has 13 heteroatoms. The van der Waals surface area contributed by atoms with Crippen LogP contribution in [-0.4, -0.2) is 76.2 Å². The number of benzene rings is 1. The highest BCUT2D eigenvalue weighted by Crippen LogP contribution is 2.30. The standard InChI is InChI=1S/C28H38N6O6S/c1-8-39-25(37)23-30-20(16-41-23)22(35)32-26-31-19-14-11-13-18(24(36)33(6)7)21(19)34(26)17(2)12-9-10-15-29-27(38)40-28(3,4)5/h11,13-14,16-17H,8-10,12,15H2,1-7H3,(H,29,38)(H,31,32,35). The molecule has 3 rings (SSSR count). The third-order valence-corrected chi connectivity index (χ3v) is 6.74. The third kappa shape index (κ3) is 8.26. The average molecular weight is 587 g/mol. The first-order valence-corrected chi connectivity index (χ1v) is 14.3. The van der Waals surface area contributed by atoms with Gasteiger partial charge in [-0.15, -0.1) is 11.3 Å². The van der Waals surface area contributed by atoms with Gasteiger partial charge in [-0.2, -0.15) is 0 Å². The number of nitrogens with one attached hydrogen (secondary N) is 2. The SMILES string of the molecule is CCOC(=O)c1nc(C(=O)Nc2nc3cccc(C(=O)N(C)C)c3n2C(C)CCCCNC(=O)OC(C)(C)C)cs1. The summed E-state index contributed by atoms with van der Waals surface area (Å²) in [6.45, 7) is 9.75. The van der Waals surface area contributed by atoms with E-state index in [9.17, 15) is 19.2 Å². The summed E-state index contributed by atoms with van der Waals surface area (Å²) in [5.74, 6) is -1.07. The van der Waals surface area contributed by atoms with Crippen molar-refractivity contribution >= 4 is 52.2 Å². The second kappa shape index (κ2) is 13.6. The second-order valence-corrected chi connectivity index (χ2v) is 11.5. The van der Waals surface area contributed by atoms with Crippen LogP contribution in [0.4, 0.5) is 10.7 Å². The number of carbonyl (C=O) groups is 4. The minimum absolute atomic E-state index is 0.0575. The molecule has 0 bridgehead atoms. The Bertz CT molecular complexity index is 1410. The molecule has 3 amide bonds. The first-order valence-electron chi connectivity index (χ1n) is 13.5. The molecule has 0 spiro atoms. The van der Waals surface area contributed by atoms with Gasteiger partial charge in [-0.25, -0.2) is 19.6 Å². The van der Waals surface area contributed by atoms with Crippen LogP contribution in [-0.2, 0) is 9.47 Å². The lowest BCUT2D eigenvalue weighted by Crippen LogP contribution is -2.33. The van der Waals surface area contributed by atoms with Crippen molar-refractivity contribution in [1.82, 2.24) is 24.8 Å². The van der Waals surface area contributed by atoms with Crippen molar-refractivity contribution in [2.24, 2.45) is 0 Å². The van der Waals surface area contributed by atoms with Crippen LogP contribution in [0.2, 0.25) is 0 Å². The molecular weight excluding hydrogens is 548 g/mol. The van der Waals surface area contributed by atoms with Crippen LogP contribution in [0.15, 0.2) is 23.6 Å². The fraction of sp³-hybridized carbons (Fsp3) is 0.500. The zero-order chi connectivity index (χ0) is 30.3. The van der Waals surface area contributed by atoms with Crippen molar-refractivity contribution in [3.63, 3.8) is 0 Å². The zero-order valence-corrected chi connectivity index (χ0v) is 25.4. The third-order valence-electron chi connectivity index (χ3n) is 5.92. The predicted molar refractivity (Wildman–Crippen MR) is 157 cm³/mol. The number of anilines is 1. The number of para-hydroxylation sites is 1. The molecule has 12 nitrogen and oxygen atoms in total. The zero-order valence-electron chi connectivity index (χ0n) is 24.6. The van der Waals surface area contributed by atoms with E-state index in [0.717, 1.165) is 17.8 Å². The van der Waals surface area contributed by atoms with E-state index in [0.29, 0.717) is 36.0 Å². The number of imidazole rings is 1. The van der Waals surface area contributed by atoms with Gasteiger partial charge >= 0.3 is 12.1 Å². The molecular formula is C28H38N6O6S. The van der Waals surface area contributed by atoms with Gasteiger partial charge in [0.2, 0.25) is 11.0 Å². The molecule has 2 N–H and O–H groups in total. The number of amides is 3. The van der Waals surface area contributed by atoms with E-state index in [2.05, 4.69) is 20.6 Å². The molecule has 0 radical (unpaired) electrons. The molecule has 0 aliphatic rings. The monoisotopic (exact) mass is 586 g/mol. The maximum Gasteiger partial charge on any atom is 0.407 e. The molecule has 0 fully saturated rings. The highest BCUT2D eigenvalue weighted by molar-refractivity contribution is 7.11. The van der Waals surface area contributed by atoms with Crippen molar-refractivity contribution in [1.29, 1.82) is 0 Å². The van der Waals surface area contributed by atoms with E-state index in [1.54, 1.807) is 39.2 Å². The number of nitrogens with zero attached hydrogens (tertiary/aromatic N) is 4. The number of alkyl carbamates (subject to hydrolysis) is 1. The Hall–Kier alpha value is -4.00. The summed E-state index contributed by atoms with van der Waals surface area (Å²) >= 11 is 1.02. The van der Waals surface area contributed by atoms with Gasteiger partial charge in [0.25, 0.3) is 11.8 Å².